The molecule has 156 valence electrons. The van der Waals surface area contributed by atoms with Gasteiger partial charge < -0.3 is 15.0 Å². The highest BCUT2D eigenvalue weighted by Gasteiger charge is 2.22. The fourth-order valence-electron chi connectivity index (χ4n) is 3.01. The van der Waals surface area contributed by atoms with Crippen molar-refractivity contribution in [1.29, 1.82) is 0 Å². The monoisotopic (exact) mass is 405 g/mol. The number of urea groups is 1. The quantitative estimate of drug-likeness (QED) is 0.672. The molecule has 0 aliphatic carbocycles. The second-order valence-electron chi connectivity index (χ2n) is 6.53. The maximum atomic E-state index is 13.1. The van der Waals surface area contributed by atoms with Crippen LogP contribution in [-0.2, 0) is 16.1 Å². The number of halogens is 1. The van der Waals surface area contributed by atoms with Crippen LogP contribution in [0, 0.1) is 5.82 Å². The van der Waals surface area contributed by atoms with Crippen molar-refractivity contribution in [1.82, 2.24) is 35.3 Å². The molecule has 1 aromatic carbocycles. The molecule has 3 rings (SSSR count). The number of aromatic nitrogens is 4. The lowest BCUT2D eigenvalue weighted by molar-refractivity contribution is -0.142. The van der Waals surface area contributed by atoms with Gasteiger partial charge in [-0.05, 0) is 41.6 Å². The summed E-state index contributed by atoms with van der Waals surface area (Å²) in [6, 6.07) is 5.77. The summed E-state index contributed by atoms with van der Waals surface area (Å²) in [6.07, 6.45) is 0.158. The van der Waals surface area contributed by atoms with E-state index in [9.17, 15) is 14.0 Å². The molecular weight excluding hydrogens is 381 g/mol. The van der Waals surface area contributed by atoms with Gasteiger partial charge in [-0.1, -0.05) is 0 Å². The van der Waals surface area contributed by atoms with Crippen LogP contribution in [0.15, 0.2) is 24.3 Å². The average molecular weight is 405 g/mol. The number of ether oxygens (including phenoxy) is 1. The van der Waals surface area contributed by atoms with Gasteiger partial charge >= 0.3 is 12.0 Å². The Balaban J connectivity index is 1.46. The van der Waals surface area contributed by atoms with Gasteiger partial charge in [-0.25, -0.2) is 9.18 Å². The number of hydrogen-bond acceptors (Lipinski definition) is 7. The zero-order chi connectivity index (χ0) is 20.6. The topological polar surface area (TPSA) is 105 Å². The molecule has 2 amide bonds. The van der Waals surface area contributed by atoms with Crippen molar-refractivity contribution in [3.05, 3.63) is 35.9 Å². The zero-order valence-electron chi connectivity index (χ0n) is 16.3. The molecule has 2 aromatic rings. The van der Waals surface area contributed by atoms with Gasteiger partial charge in [0, 0.05) is 32.7 Å². The molecular formula is C18H24FN7O3. The van der Waals surface area contributed by atoms with Crippen molar-refractivity contribution in [2.24, 2.45) is 0 Å². The maximum absolute atomic E-state index is 13.1. The van der Waals surface area contributed by atoms with E-state index in [1.165, 1.54) is 12.1 Å². The van der Waals surface area contributed by atoms with Gasteiger partial charge in [-0.2, -0.15) is 4.68 Å². The number of carbonyl (C=O) groups excluding carboxylic acids is 2. The maximum Gasteiger partial charge on any atom is 0.317 e. The number of nitrogens with one attached hydrogen (secondary N) is 1. The summed E-state index contributed by atoms with van der Waals surface area (Å²) >= 11 is 0. The fourth-order valence-corrected chi connectivity index (χ4v) is 3.01. The van der Waals surface area contributed by atoms with Crippen molar-refractivity contribution in [2.75, 3.05) is 39.3 Å². The number of hydrogen-bond donors (Lipinski definition) is 1. The predicted molar refractivity (Wildman–Crippen MR) is 101 cm³/mol. The van der Waals surface area contributed by atoms with Crippen LogP contribution in [0.2, 0.25) is 0 Å². The normalized spacial score (nSPS) is 14.6. The van der Waals surface area contributed by atoms with E-state index in [4.69, 9.17) is 4.74 Å². The van der Waals surface area contributed by atoms with Gasteiger partial charge in [0.2, 0.25) is 0 Å². The Morgan fingerprint density at radius 1 is 1.17 bits per heavy atom. The molecule has 0 unspecified atom stereocenters. The van der Waals surface area contributed by atoms with Crippen LogP contribution in [0.25, 0.3) is 5.69 Å². The van der Waals surface area contributed by atoms with Crippen LogP contribution in [0.1, 0.15) is 19.2 Å². The molecule has 0 spiro atoms. The average Bonchev–Trinajstić information content (AvgIpc) is 3.17. The number of amides is 2. The lowest BCUT2D eigenvalue weighted by Crippen LogP contribution is -2.51. The smallest absolute Gasteiger partial charge is 0.317 e. The number of nitrogens with zero attached hydrogens (tertiary/aromatic N) is 6. The number of benzene rings is 1. The Kier molecular flexibility index (Phi) is 7.06. The fraction of sp³-hybridized carbons (Fsp3) is 0.500. The van der Waals surface area contributed by atoms with Crippen molar-refractivity contribution >= 4 is 12.0 Å². The third-order valence-electron chi connectivity index (χ3n) is 4.54. The van der Waals surface area contributed by atoms with Gasteiger partial charge in [-0.3, -0.25) is 9.69 Å². The lowest BCUT2D eigenvalue weighted by atomic mass is 10.3. The minimum atomic E-state index is -0.323. The largest absolute Gasteiger partial charge is 0.466 e. The first-order valence-electron chi connectivity index (χ1n) is 9.50. The number of esters is 1. The number of piperazine rings is 1. The van der Waals surface area contributed by atoms with Gasteiger partial charge in [0.25, 0.3) is 0 Å². The molecule has 11 heteroatoms. The Labute approximate surface area is 167 Å². The molecule has 1 fully saturated rings. The standard InChI is InChI=1S/C18H24FN7O3/c1-2-29-17(27)7-8-20-18(28)25-11-9-24(10-12-25)13-16-21-22-23-26(16)15-5-3-14(19)4-6-15/h3-6H,2,7-13H2,1H3,(H,20,28). The molecule has 1 N–H and O–H groups in total. The third kappa shape index (κ3) is 5.70. The first-order chi connectivity index (χ1) is 14.1. The van der Waals surface area contributed by atoms with E-state index in [0.29, 0.717) is 50.8 Å². The third-order valence-corrected chi connectivity index (χ3v) is 4.54. The Morgan fingerprint density at radius 3 is 2.59 bits per heavy atom. The van der Waals surface area contributed by atoms with E-state index in [0.717, 1.165) is 0 Å². The summed E-state index contributed by atoms with van der Waals surface area (Å²) in [5.41, 5.74) is 0.686. The predicted octanol–water partition coefficient (Wildman–Crippen LogP) is 0.582. The van der Waals surface area contributed by atoms with Gasteiger partial charge in [0.15, 0.2) is 5.82 Å². The zero-order valence-corrected chi connectivity index (χ0v) is 16.3. The van der Waals surface area contributed by atoms with Crippen LogP contribution in [0.5, 0.6) is 0 Å². The number of carbonyl (C=O) groups is 2. The summed E-state index contributed by atoms with van der Waals surface area (Å²) < 4.78 is 19.5. The molecule has 1 aromatic heterocycles. The molecule has 0 atom stereocenters. The molecule has 0 bridgehead atoms. The highest BCUT2D eigenvalue weighted by molar-refractivity contribution is 5.75. The van der Waals surface area contributed by atoms with Crippen molar-refractivity contribution < 1.29 is 18.7 Å². The van der Waals surface area contributed by atoms with Crippen molar-refractivity contribution in [3.63, 3.8) is 0 Å². The Bertz CT molecular complexity index is 819. The first kappa shape index (κ1) is 20.6. The van der Waals surface area contributed by atoms with Crippen LogP contribution < -0.4 is 5.32 Å². The van der Waals surface area contributed by atoms with E-state index in [1.807, 2.05) is 0 Å². The second kappa shape index (κ2) is 9.92. The second-order valence-corrected chi connectivity index (χ2v) is 6.53. The highest BCUT2D eigenvalue weighted by atomic mass is 19.1. The molecule has 2 heterocycles. The minimum absolute atomic E-state index is 0.158. The summed E-state index contributed by atoms with van der Waals surface area (Å²) in [5, 5.41) is 14.5. The van der Waals surface area contributed by atoms with Crippen LogP contribution in [-0.4, -0.2) is 81.3 Å². The summed E-state index contributed by atoms with van der Waals surface area (Å²) in [5.74, 6) is 0.000435. The molecule has 0 saturated carbocycles. The Morgan fingerprint density at radius 2 is 1.90 bits per heavy atom. The Hall–Kier alpha value is -3.08. The summed E-state index contributed by atoms with van der Waals surface area (Å²) in [6.45, 7) is 5.30. The molecule has 1 aliphatic rings. The van der Waals surface area contributed by atoms with Crippen LogP contribution >= 0.6 is 0 Å². The van der Waals surface area contributed by atoms with Crippen LogP contribution in [0.4, 0.5) is 9.18 Å². The van der Waals surface area contributed by atoms with E-state index >= 15 is 0 Å². The van der Waals surface area contributed by atoms with Crippen molar-refractivity contribution in [2.45, 2.75) is 19.9 Å². The molecule has 0 radical (unpaired) electrons. The lowest BCUT2D eigenvalue weighted by Gasteiger charge is -2.34. The van der Waals surface area contributed by atoms with Gasteiger partial charge in [0.05, 0.1) is 25.3 Å². The van der Waals surface area contributed by atoms with Crippen molar-refractivity contribution in [3.8, 4) is 5.69 Å². The molecule has 10 nitrogen and oxygen atoms in total. The van der Waals surface area contributed by atoms with Crippen LogP contribution in [0.3, 0.4) is 0 Å². The SMILES string of the molecule is CCOC(=O)CCNC(=O)N1CCN(Cc2nnnn2-c2ccc(F)cc2)CC1. The van der Waals surface area contributed by atoms with E-state index in [-0.39, 0.29) is 30.8 Å². The summed E-state index contributed by atoms with van der Waals surface area (Å²) in [7, 11) is 0. The highest BCUT2D eigenvalue weighted by Crippen LogP contribution is 2.12. The number of tetrazole rings is 1. The molecule has 1 aliphatic heterocycles. The number of rotatable bonds is 7. The van der Waals surface area contributed by atoms with E-state index in [1.54, 1.807) is 28.6 Å². The minimum Gasteiger partial charge on any atom is -0.466 e. The van der Waals surface area contributed by atoms with E-state index in [2.05, 4.69) is 25.7 Å². The van der Waals surface area contributed by atoms with Gasteiger partial charge in [-0.15, -0.1) is 5.10 Å². The summed E-state index contributed by atoms with van der Waals surface area (Å²) in [4.78, 5) is 27.4. The molecule has 1 saturated heterocycles. The van der Waals surface area contributed by atoms with E-state index < -0.39 is 0 Å². The van der Waals surface area contributed by atoms with Gasteiger partial charge in [0.1, 0.15) is 5.82 Å². The molecule has 29 heavy (non-hydrogen) atoms. The first-order valence-corrected chi connectivity index (χ1v) is 9.50.